The molecule has 0 saturated carbocycles. The molecule has 0 amide bonds. The van der Waals surface area contributed by atoms with E-state index in [2.05, 4.69) is 0 Å². The number of hydrogen-bond donors (Lipinski definition) is 1. The van der Waals surface area contributed by atoms with Crippen molar-refractivity contribution in [2.45, 2.75) is 6.54 Å². The number of rotatable bonds is 2. The van der Waals surface area contributed by atoms with Gasteiger partial charge in [-0.3, -0.25) is 9.36 Å². The molecule has 2 heterocycles. The van der Waals surface area contributed by atoms with Crippen LogP contribution in [0, 0.1) is 0 Å². The average molecular weight is 272 g/mol. The molecule has 2 rings (SSSR count). The van der Waals surface area contributed by atoms with Crippen molar-refractivity contribution in [3.63, 3.8) is 0 Å². The van der Waals surface area contributed by atoms with E-state index in [0.717, 1.165) is 9.44 Å². The number of halogens is 1. The topological polar surface area (TPSA) is 70.0 Å². The van der Waals surface area contributed by atoms with Crippen LogP contribution in [0.15, 0.2) is 27.9 Å². The largest absolute Gasteiger partial charge is 0.393 e. The van der Waals surface area contributed by atoms with E-state index >= 15 is 0 Å². The number of thiophene rings is 1. The Labute approximate surface area is 106 Å². The number of aryl methyl sites for hydroxylation is 1. The minimum absolute atomic E-state index is 0.0507. The van der Waals surface area contributed by atoms with Crippen LogP contribution in [0.5, 0.6) is 0 Å². The van der Waals surface area contributed by atoms with Gasteiger partial charge in [0.1, 0.15) is 5.69 Å². The van der Waals surface area contributed by atoms with E-state index in [1.165, 1.54) is 22.1 Å². The third kappa shape index (κ3) is 2.27. The maximum atomic E-state index is 11.8. The van der Waals surface area contributed by atoms with E-state index in [9.17, 15) is 9.59 Å². The zero-order valence-electron chi connectivity index (χ0n) is 9.01. The molecule has 0 fully saturated rings. The third-order valence-electron chi connectivity index (χ3n) is 2.30. The monoisotopic (exact) mass is 271 g/mol. The molecule has 0 aliphatic carbocycles. The number of nitrogens with zero attached hydrogens (tertiary/aromatic N) is 2. The first kappa shape index (κ1) is 11.9. The van der Waals surface area contributed by atoms with E-state index < -0.39 is 11.2 Å². The number of anilines is 1. The number of nitrogens with two attached hydrogens (primary N) is 1. The van der Waals surface area contributed by atoms with Crippen LogP contribution >= 0.6 is 22.9 Å². The molecule has 2 aromatic heterocycles. The second-order valence-electron chi connectivity index (χ2n) is 3.58. The minimum atomic E-state index is -0.474. The predicted octanol–water partition coefficient (Wildman–Crippen LogP) is 0.892. The lowest BCUT2D eigenvalue weighted by atomic mass is 10.4. The summed E-state index contributed by atoms with van der Waals surface area (Å²) in [6.45, 7) is 0.188. The van der Waals surface area contributed by atoms with Crippen LogP contribution in [0.3, 0.4) is 0 Å². The van der Waals surface area contributed by atoms with Gasteiger partial charge in [0, 0.05) is 18.1 Å². The molecule has 5 nitrogen and oxygen atoms in total. The summed E-state index contributed by atoms with van der Waals surface area (Å²) in [6, 6.07) is 3.51. The summed E-state index contributed by atoms with van der Waals surface area (Å²) < 4.78 is 3.00. The highest BCUT2D eigenvalue weighted by Crippen LogP contribution is 2.21. The summed E-state index contributed by atoms with van der Waals surface area (Å²) in [6.07, 6.45) is 1.32. The van der Waals surface area contributed by atoms with E-state index in [1.807, 2.05) is 0 Å². The molecule has 0 saturated heterocycles. The van der Waals surface area contributed by atoms with Gasteiger partial charge in [-0.2, -0.15) is 0 Å². The lowest BCUT2D eigenvalue weighted by molar-refractivity contribution is 0.648. The first-order valence-electron chi connectivity index (χ1n) is 4.79. The fourth-order valence-electron chi connectivity index (χ4n) is 1.48. The van der Waals surface area contributed by atoms with Gasteiger partial charge in [0.2, 0.25) is 0 Å². The first-order chi connectivity index (χ1) is 7.99. The molecule has 0 aliphatic rings. The Balaban J connectivity index is 2.53. The molecule has 0 unspecified atom stereocenters. The molecule has 0 spiro atoms. The zero-order chi connectivity index (χ0) is 12.6. The Morgan fingerprint density at radius 1 is 1.41 bits per heavy atom. The smallest absolute Gasteiger partial charge is 0.331 e. The molecule has 7 heteroatoms. The van der Waals surface area contributed by atoms with Gasteiger partial charge in [-0.1, -0.05) is 11.6 Å². The van der Waals surface area contributed by atoms with Gasteiger partial charge >= 0.3 is 5.69 Å². The summed E-state index contributed by atoms with van der Waals surface area (Å²) in [5.74, 6) is 0. The molecule has 0 radical (unpaired) electrons. The van der Waals surface area contributed by atoms with Gasteiger partial charge in [-0.05, 0) is 12.1 Å². The van der Waals surface area contributed by atoms with Crippen molar-refractivity contribution in [2.75, 3.05) is 5.73 Å². The van der Waals surface area contributed by atoms with Gasteiger partial charge in [-0.25, -0.2) is 4.79 Å². The van der Waals surface area contributed by atoms with Gasteiger partial charge in [0.15, 0.2) is 0 Å². The van der Waals surface area contributed by atoms with Crippen LogP contribution in [-0.4, -0.2) is 9.13 Å². The van der Waals surface area contributed by atoms with Crippen LogP contribution in [0.2, 0.25) is 4.34 Å². The third-order valence-corrected chi connectivity index (χ3v) is 3.52. The predicted molar refractivity (Wildman–Crippen MR) is 68.8 cm³/mol. The van der Waals surface area contributed by atoms with Crippen molar-refractivity contribution in [3.8, 4) is 0 Å². The highest BCUT2D eigenvalue weighted by Gasteiger charge is 2.09. The maximum Gasteiger partial charge on any atom is 0.331 e. The fraction of sp³-hybridized carbons (Fsp3) is 0.200. The summed E-state index contributed by atoms with van der Waals surface area (Å²) in [4.78, 5) is 24.4. The van der Waals surface area contributed by atoms with E-state index in [0.29, 0.717) is 4.34 Å². The number of nitrogen functional groups attached to an aromatic ring is 1. The van der Waals surface area contributed by atoms with Crippen molar-refractivity contribution in [3.05, 3.63) is 48.4 Å². The van der Waals surface area contributed by atoms with Gasteiger partial charge in [-0.15, -0.1) is 11.3 Å². The van der Waals surface area contributed by atoms with Gasteiger partial charge < -0.3 is 10.3 Å². The maximum absolute atomic E-state index is 11.8. The van der Waals surface area contributed by atoms with E-state index in [-0.39, 0.29) is 12.2 Å². The van der Waals surface area contributed by atoms with E-state index in [4.69, 9.17) is 17.3 Å². The van der Waals surface area contributed by atoms with Crippen molar-refractivity contribution in [1.29, 1.82) is 0 Å². The number of aromatic nitrogens is 2. The van der Waals surface area contributed by atoms with E-state index in [1.54, 1.807) is 19.2 Å². The van der Waals surface area contributed by atoms with Gasteiger partial charge in [0.05, 0.1) is 10.9 Å². The highest BCUT2D eigenvalue weighted by atomic mass is 35.5. The molecule has 0 aliphatic heterocycles. The van der Waals surface area contributed by atoms with Gasteiger partial charge in [0.25, 0.3) is 5.56 Å². The summed E-state index contributed by atoms with van der Waals surface area (Å²) in [5.41, 5.74) is 4.72. The van der Waals surface area contributed by atoms with Crippen molar-refractivity contribution < 1.29 is 0 Å². The lowest BCUT2D eigenvalue weighted by Gasteiger charge is -2.06. The summed E-state index contributed by atoms with van der Waals surface area (Å²) >= 11 is 7.12. The SMILES string of the molecule is Cn1cc(N)c(=O)n(Cc2ccc(Cl)s2)c1=O. The first-order valence-corrected chi connectivity index (χ1v) is 5.98. The Morgan fingerprint density at radius 2 is 2.12 bits per heavy atom. The molecule has 0 bridgehead atoms. The second kappa shape index (κ2) is 4.38. The second-order valence-corrected chi connectivity index (χ2v) is 5.37. The molecular weight excluding hydrogens is 262 g/mol. The van der Waals surface area contributed by atoms with Crippen LogP contribution in [0.1, 0.15) is 4.88 Å². The molecule has 2 N–H and O–H groups in total. The van der Waals surface area contributed by atoms with Crippen LogP contribution < -0.4 is 17.0 Å². The Hall–Kier alpha value is -1.53. The standard InChI is InChI=1S/C10H10ClN3O2S/c1-13-5-7(12)9(15)14(10(13)16)4-6-2-3-8(11)17-6/h2-3,5H,4,12H2,1H3. The van der Waals surface area contributed by atoms with Crippen molar-refractivity contribution >= 4 is 28.6 Å². The lowest BCUT2D eigenvalue weighted by Crippen LogP contribution is -2.39. The Kier molecular flexibility index (Phi) is 3.08. The summed E-state index contributed by atoms with van der Waals surface area (Å²) in [7, 11) is 1.55. The van der Waals surface area contributed by atoms with Crippen molar-refractivity contribution in [2.24, 2.45) is 7.05 Å². The Morgan fingerprint density at radius 3 is 2.71 bits per heavy atom. The fourth-order valence-corrected chi connectivity index (χ4v) is 2.56. The normalized spacial score (nSPS) is 10.7. The molecule has 0 atom stereocenters. The molecule has 90 valence electrons. The van der Waals surface area contributed by atoms with Crippen molar-refractivity contribution in [1.82, 2.24) is 9.13 Å². The van der Waals surface area contributed by atoms with Crippen LogP contribution in [0.25, 0.3) is 0 Å². The molecule has 17 heavy (non-hydrogen) atoms. The molecule has 0 aromatic carbocycles. The molecule has 2 aromatic rings. The number of hydrogen-bond acceptors (Lipinski definition) is 4. The summed E-state index contributed by atoms with van der Waals surface area (Å²) in [5, 5.41) is 0. The highest BCUT2D eigenvalue weighted by molar-refractivity contribution is 7.16. The minimum Gasteiger partial charge on any atom is -0.393 e. The average Bonchev–Trinajstić information content (AvgIpc) is 2.68. The Bertz CT molecular complexity index is 637. The quantitative estimate of drug-likeness (QED) is 0.882. The zero-order valence-corrected chi connectivity index (χ0v) is 10.6. The molecular formula is C10H10ClN3O2S. The van der Waals surface area contributed by atoms with Crippen LogP contribution in [-0.2, 0) is 13.6 Å². The van der Waals surface area contributed by atoms with Crippen LogP contribution in [0.4, 0.5) is 5.69 Å².